The number of aryl methyl sites for hydroxylation is 1. The van der Waals surface area contributed by atoms with Gasteiger partial charge in [-0.25, -0.2) is 0 Å². The molecule has 0 aliphatic carbocycles. The molecular formula is C13H22N2O. The molecule has 0 heterocycles. The summed E-state index contributed by atoms with van der Waals surface area (Å²) in [6.45, 7) is 5.79. The third kappa shape index (κ3) is 3.22. The van der Waals surface area contributed by atoms with Crippen LogP contribution in [-0.4, -0.2) is 30.1 Å². The van der Waals surface area contributed by atoms with E-state index in [4.69, 9.17) is 5.73 Å². The minimum Gasteiger partial charge on any atom is -0.508 e. The fourth-order valence-corrected chi connectivity index (χ4v) is 1.78. The monoisotopic (exact) mass is 222 g/mol. The summed E-state index contributed by atoms with van der Waals surface area (Å²) in [4.78, 5) is 2.21. The summed E-state index contributed by atoms with van der Waals surface area (Å²) in [6.07, 6.45) is 0.980. The molecule has 0 fully saturated rings. The average molecular weight is 222 g/mol. The van der Waals surface area contributed by atoms with Crippen molar-refractivity contribution >= 4 is 0 Å². The van der Waals surface area contributed by atoms with Gasteiger partial charge in [-0.1, -0.05) is 17.7 Å². The summed E-state index contributed by atoms with van der Waals surface area (Å²) in [7, 11) is 2.06. The van der Waals surface area contributed by atoms with Gasteiger partial charge in [0.15, 0.2) is 0 Å². The molecule has 1 rings (SSSR count). The number of nitrogens with zero attached hydrogens (tertiary/aromatic N) is 1. The Kier molecular flexibility index (Phi) is 4.77. The van der Waals surface area contributed by atoms with Crippen LogP contribution in [0, 0.1) is 6.92 Å². The molecule has 0 saturated heterocycles. The average Bonchev–Trinajstić information content (AvgIpc) is 2.28. The van der Waals surface area contributed by atoms with Crippen LogP contribution in [0.2, 0.25) is 0 Å². The quantitative estimate of drug-likeness (QED) is 0.801. The van der Waals surface area contributed by atoms with E-state index in [-0.39, 0.29) is 6.04 Å². The van der Waals surface area contributed by atoms with Crippen molar-refractivity contribution in [2.45, 2.75) is 26.3 Å². The first-order valence-electron chi connectivity index (χ1n) is 5.76. The van der Waals surface area contributed by atoms with Gasteiger partial charge in [0.25, 0.3) is 0 Å². The maximum absolute atomic E-state index is 9.83. The predicted octanol–water partition coefficient (Wildman–Crippen LogP) is 2.04. The summed E-state index contributed by atoms with van der Waals surface area (Å²) in [5.74, 6) is 0.373. The zero-order chi connectivity index (χ0) is 12.1. The first-order valence-corrected chi connectivity index (χ1v) is 5.76. The first kappa shape index (κ1) is 13.0. The number of nitrogens with two attached hydrogens (primary N) is 1. The number of hydrogen-bond acceptors (Lipinski definition) is 3. The van der Waals surface area contributed by atoms with Crippen LogP contribution in [0.25, 0.3) is 0 Å². The lowest BCUT2D eigenvalue weighted by Gasteiger charge is -2.25. The summed E-state index contributed by atoms with van der Waals surface area (Å²) in [5, 5.41) is 9.83. The standard InChI is InChI=1S/C13H22N2O/c1-10-5-6-13(16)12(9-10)11(2)15(3)8-4-7-14/h5-6,9,11,16H,4,7-8,14H2,1-3H3. The van der Waals surface area contributed by atoms with Gasteiger partial charge in [-0.05, 0) is 46.5 Å². The van der Waals surface area contributed by atoms with E-state index in [1.165, 1.54) is 5.56 Å². The van der Waals surface area contributed by atoms with Gasteiger partial charge in [-0.15, -0.1) is 0 Å². The molecule has 0 bridgehead atoms. The molecule has 3 heteroatoms. The molecular weight excluding hydrogens is 200 g/mol. The minimum atomic E-state index is 0.214. The van der Waals surface area contributed by atoms with E-state index in [2.05, 4.69) is 18.9 Å². The highest BCUT2D eigenvalue weighted by Crippen LogP contribution is 2.28. The molecule has 1 aromatic rings. The van der Waals surface area contributed by atoms with Crippen LogP contribution >= 0.6 is 0 Å². The van der Waals surface area contributed by atoms with Gasteiger partial charge < -0.3 is 10.8 Å². The van der Waals surface area contributed by atoms with Crippen LogP contribution < -0.4 is 5.73 Å². The lowest BCUT2D eigenvalue weighted by Crippen LogP contribution is -2.25. The van der Waals surface area contributed by atoms with Gasteiger partial charge in [0.1, 0.15) is 5.75 Å². The zero-order valence-corrected chi connectivity index (χ0v) is 10.4. The van der Waals surface area contributed by atoms with E-state index in [1.807, 2.05) is 19.1 Å². The highest BCUT2D eigenvalue weighted by molar-refractivity contribution is 5.37. The van der Waals surface area contributed by atoms with Crippen LogP contribution in [0.4, 0.5) is 0 Å². The van der Waals surface area contributed by atoms with Crippen molar-refractivity contribution in [3.05, 3.63) is 29.3 Å². The van der Waals surface area contributed by atoms with Crippen molar-refractivity contribution in [1.82, 2.24) is 4.90 Å². The predicted molar refractivity (Wildman–Crippen MR) is 67.6 cm³/mol. The van der Waals surface area contributed by atoms with Gasteiger partial charge in [0, 0.05) is 11.6 Å². The molecule has 0 aromatic heterocycles. The van der Waals surface area contributed by atoms with Crippen LogP contribution in [0.15, 0.2) is 18.2 Å². The lowest BCUT2D eigenvalue weighted by molar-refractivity contribution is 0.255. The van der Waals surface area contributed by atoms with Crippen LogP contribution in [0.3, 0.4) is 0 Å². The molecule has 0 radical (unpaired) electrons. The Hall–Kier alpha value is -1.06. The number of aromatic hydroxyl groups is 1. The Balaban J connectivity index is 2.78. The van der Waals surface area contributed by atoms with Crippen LogP contribution in [-0.2, 0) is 0 Å². The SMILES string of the molecule is Cc1ccc(O)c(C(C)N(C)CCCN)c1. The third-order valence-electron chi connectivity index (χ3n) is 3.01. The third-order valence-corrected chi connectivity index (χ3v) is 3.01. The fraction of sp³-hybridized carbons (Fsp3) is 0.538. The Labute approximate surface area is 97.9 Å². The van der Waals surface area contributed by atoms with E-state index in [0.29, 0.717) is 12.3 Å². The summed E-state index contributed by atoms with van der Waals surface area (Å²) in [5.41, 5.74) is 7.65. The van der Waals surface area contributed by atoms with Crippen molar-refractivity contribution in [2.75, 3.05) is 20.1 Å². The molecule has 3 N–H and O–H groups in total. The molecule has 1 atom stereocenters. The highest BCUT2D eigenvalue weighted by atomic mass is 16.3. The Morgan fingerprint density at radius 1 is 1.44 bits per heavy atom. The molecule has 90 valence electrons. The summed E-state index contributed by atoms with van der Waals surface area (Å²) in [6, 6.07) is 5.94. The Morgan fingerprint density at radius 2 is 2.12 bits per heavy atom. The summed E-state index contributed by atoms with van der Waals surface area (Å²) >= 11 is 0. The van der Waals surface area contributed by atoms with Gasteiger partial charge in [0.2, 0.25) is 0 Å². The molecule has 1 unspecified atom stereocenters. The first-order chi connectivity index (χ1) is 7.56. The van der Waals surface area contributed by atoms with Crippen LogP contribution in [0.1, 0.15) is 30.5 Å². The van der Waals surface area contributed by atoms with Gasteiger partial charge >= 0.3 is 0 Å². The minimum absolute atomic E-state index is 0.214. The largest absolute Gasteiger partial charge is 0.508 e. The Bertz CT molecular complexity index is 339. The van der Waals surface area contributed by atoms with E-state index in [0.717, 1.165) is 18.5 Å². The van der Waals surface area contributed by atoms with Crippen LogP contribution in [0.5, 0.6) is 5.75 Å². The highest BCUT2D eigenvalue weighted by Gasteiger charge is 2.14. The normalized spacial score (nSPS) is 13.1. The molecule has 3 nitrogen and oxygen atoms in total. The number of benzene rings is 1. The molecule has 0 aliphatic heterocycles. The van der Waals surface area contributed by atoms with Crippen molar-refractivity contribution < 1.29 is 5.11 Å². The van der Waals surface area contributed by atoms with E-state index >= 15 is 0 Å². The van der Waals surface area contributed by atoms with Crippen molar-refractivity contribution in [3.63, 3.8) is 0 Å². The molecule has 0 amide bonds. The molecule has 0 aliphatic rings. The topological polar surface area (TPSA) is 49.5 Å². The molecule has 1 aromatic carbocycles. The zero-order valence-electron chi connectivity index (χ0n) is 10.4. The second-order valence-corrected chi connectivity index (χ2v) is 4.36. The molecule has 0 spiro atoms. The Morgan fingerprint density at radius 3 is 2.75 bits per heavy atom. The second kappa shape index (κ2) is 5.87. The van der Waals surface area contributed by atoms with Crippen molar-refractivity contribution in [2.24, 2.45) is 5.73 Å². The van der Waals surface area contributed by atoms with E-state index in [1.54, 1.807) is 6.07 Å². The number of rotatable bonds is 5. The molecule has 16 heavy (non-hydrogen) atoms. The van der Waals surface area contributed by atoms with Gasteiger partial charge in [-0.2, -0.15) is 0 Å². The second-order valence-electron chi connectivity index (χ2n) is 4.36. The number of hydrogen-bond donors (Lipinski definition) is 2. The number of phenolic OH excluding ortho intramolecular Hbond substituents is 1. The van der Waals surface area contributed by atoms with Gasteiger partial charge in [-0.3, -0.25) is 4.90 Å². The van der Waals surface area contributed by atoms with Crippen molar-refractivity contribution in [1.29, 1.82) is 0 Å². The van der Waals surface area contributed by atoms with Gasteiger partial charge in [0.05, 0.1) is 0 Å². The number of phenols is 1. The maximum atomic E-state index is 9.83. The van der Waals surface area contributed by atoms with E-state index < -0.39 is 0 Å². The smallest absolute Gasteiger partial charge is 0.120 e. The fourth-order valence-electron chi connectivity index (χ4n) is 1.78. The van der Waals surface area contributed by atoms with Crippen molar-refractivity contribution in [3.8, 4) is 5.75 Å². The maximum Gasteiger partial charge on any atom is 0.120 e. The summed E-state index contributed by atoms with van der Waals surface area (Å²) < 4.78 is 0. The van der Waals surface area contributed by atoms with E-state index in [9.17, 15) is 5.11 Å². The lowest BCUT2D eigenvalue weighted by atomic mass is 10.0. The molecule has 0 saturated carbocycles.